The van der Waals surface area contributed by atoms with E-state index in [2.05, 4.69) is 37.1 Å². The summed E-state index contributed by atoms with van der Waals surface area (Å²) in [6.45, 7) is 6.31. The van der Waals surface area contributed by atoms with E-state index in [1.54, 1.807) is 0 Å². The van der Waals surface area contributed by atoms with E-state index in [9.17, 15) is 0 Å². The summed E-state index contributed by atoms with van der Waals surface area (Å²) in [4.78, 5) is 0. The molecule has 0 unspecified atom stereocenters. The van der Waals surface area contributed by atoms with Crippen LogP contribution in [0.5, 0.6) is 0 Å². The van der Waals surface area contributed by atoms with Crippen molar-refractivity contribution in [2.45, 2.75) is 27.2 Å². The first kappa shape index (κ1) is 11.9. The van der Waals surface area contributed by atoms with Crippen LogP contribution in [-0.2, 0) is 6.42 Å². The Kier molecular flexibility index (Phi) is 3.29. The number of nitrogens with zero attached hydrogens (tertiary/aromatic N) is 2. The maximum absolute atomic E-state index is 8.98. The van der Waals surface area contributed by atoms with Gasteiger partial charge in [-0.05, 0) is 56.0 Å². The Bertz CT molecular complexity index is 509. The van der Waals surface area contributed by atoms with E-state index in [4.69, 9.17) is 5.11 Å². The van der Waals surface area contributed by atoms with Gasteiger partial charge in [0, 0.05) is 12.8 Å². The highest BCUT2D eigenvalue weighted by Gasteiger charge is 2.06. The Morgan fingerprint density at radius 2 is 1.76 bits per heavy atom. The molecule has 1 aromatic heterocycles. The lowest BCUT2D eigenvalue weighted by atomic mass is 10.1. The molecule has 3 heteroatoms. The largest absolute Gasteiger partial charge is 0.396 e. The lowest BCUT2D eigenvalue weighted by molar-refractivity contribution is 0.299. The number of rotatable bonds is 3. The van der Waals surface area contributed by atoms with E-state index in [0.29, 0.717) is 6.42 Å². The van der Waals surface area contributed by atoms with Crippen molar-refractivity contribution in [2.75, 3.05) is 6.61 Å². The topological polar surface area (TPSA) is 38.0 Å². The van der Waals surface area contributed by atoms with Crippen LogP contribution in [0, 0.1) is 20.8 Å². The molecule has 0 spiro atoms. The highest BCUT2D eigenvalue weighted by molar-refractivity contribution is 5.39. The average molecular weight is 230 g/mol. The quantitative estimate of drug-likeness (QED) is 0.878. The van der Waals surface area contributed by atoms with Gasteiger partial charge in [-0.3, -0.25) is 0 Å². The third-order valence-electron chi connectivity index (χ3n) is 2.85. The average Bonchev–Trinajstić information content (AvgIpc) is 2.60. The van der Waals surface area contributed by atoms with Crippen LogP contribution in [0.1, 0.15) is 22.4 Å². The van der Waals surface area contributed by atoms with Gasteiger partial charge in [-0.1, -0.05) is 6.07 Å². The van der Waals surface area contributed by atoms with Crippen molar-refractivity contribution in [3.8, 4) is 5.69 Å². The van der Waals surface area contributed by atoms with E-state index in [1.807, 2.05) is 17.8 Å². The van der Waals surface area contributed by atoms with Crippen molar-refractivity contribution < 1.29 is 5.11 Å². The van der Waals surface area contributed by atoms with E-state index < -0.39 is 0 Å². The molecule has 0 saturated heterocycles. The van der Waals surface area contributed by atoms with E-state index in [0.717, 1.165) is 16.9 Å². The zero-order chi connectivity index (χ0) is 12.4. The van der Waals surface area contributed by atoms with Gasteiger partial charge in [-0.2, -0.15) is 5.10 Å². The first-order valence-electron chi connectivity index (χ1n) is 5.85. The summed E-state index contributed by atoms with van der Waals surface area (Å²) < 4.78 is 1.89. The predicted octanol–water partition coefficient (Wildman–Crippen LogP) is 2.33. The molecule has 90 valence electrons. The Labute approximate surface area is 102 Å². The molecule has 1 aromatic carbocycles. The molecule has 1 N–H and O–H groups in total. The number of aromatic nitrogens is 2. The number of aliphatic hydroxyl groups is 1. The standard InChI is InChI=1S/C14H18N2O/c1-10-6-11(2)8-14(7-10)16-9-13(4-5-17)12(3)15-16/h6-9,17H,4-5H2,1-3H3. The van der Waals surface area contributed by atoms with Gasteiger partial charge in [0.2, 0.25) is 0 Å². The van der Waals surface area contributed by atoms with Crippen LogP contribution in [0.4, 0.5) is 0 Å². The Morgan fingerprint density at radius 3 is 2.35 bits per heavy atom. The Morgan fingerprint density at radius 1 is 1.12 bits per heavy atom. The van der Waals surface area contributed by atoms with Crippen LogP contribution in [0.3, 0.4) is 0 Å². The van der Waals surface area contributed by atoms with Gasteiger partial charge in [-0.25, -0.2) is 4.68 Å². The molecule has 0 aliphatic rings. The van der Waals surface area contributed by atoms with Gasteiger partial charge in [0.15, 0.2) is 0 Å². The van der Waals surface area contributed by atoms with Gasteiger partial charge in [0.25, 0.3) is 0 Å². The third kappa shape index (κ3) is 2.56. The zero-order valence-electron chi connectivity index (χ0n) is 10.6. The lowest BCUT2D eigenvalue weighted by Crippen LogP contribution is -1.96. The number of hydrogen-bond donors (Lipinski definition) is 1. The summed E-state index contributed by atoms with van der Waals surface area (Å²) in [5, 5.41) is 13.5. The number of benzene rings is 1. The summed E-state index contributed by atoms with van der Waals surface area (Å²) >= 11 is 0. The minimum Gasteiger partial charge on any atom is -0.396 e. The molecular weight excluding hydrogens is 212 g/mol. The van der Waals surface area contributed by atoms with E-state index >= 15 is 0 Å². The molecule has 0 aliphatic carbocycles. The molecule has 0 atom stereocenters. The van der Waals surface area contributed by atoms with Crippen molar-refractivity contribution in [2.24, 2.45) is 0 Å². The van der Waals surface area contributed by atoms with Gasteiger partial charge in [0.05, 0.1) is 11.4 Å². The zero-order valence-corrected chi connectivity index (χ0v) is 10.6. The van der Waals surface area contributed by atoms with Crippen LogP contribution in [-0.4, -0.2) is 21.5 Å². The normalized spacial score (nSPS) is 10.8. The van der Waals surface area contributed by atoms with Crippen LogP contribution < -0.4 is 0 Å². The molecule has 0 aliphatic heterocycles. The van der Waals surface area contributed by atoms with Crippen molar-refractivity contribution in [1.82, 2.24) is 9.78 Å². The number of hydrogen-bond acceptors (Lipinski definition) is 2. The fraction of sp³-hybridized carbons (Fsp3) is 0.357. The molecule has 1 heterocycles. The summed E-state index contributed by atoms with van der Waals surface area (Å²) in [6, 6.07) is 6.37. The number of aliphatic hydroxyl groups excluding tert-OH is 1. The van der Waals surface area contributed by atoms with Gasteiger partial charge >= 0.3 is 0 Å². The predicted molar refractivity (Wildman–Crippen MR) is 68.6 cm³/mol. The maximum atomic E-state index is 8.98. The Hall–Kier alpha value is -1.61. The van der Waals surface area contributed by atoms with Crippen molar-refractivity contribution in [3.05, 3.63) is 46.8 Å². The maximum Gasteiger partial charge on any atom is 0.0651 e. The summed E-state index contributed by atoms with van der Waals surface area (Å²) in [5.74, 6) is 0. The van der Waals surface area contributed by atoms with Crippen LogP contribution in [0.15, 0.2) is 24.4 Å². The minimum absolute atomic E-state index is 0.166. The summed E-state index contributed by atoms with van der Waals surface area (Å²) in [7, 11) is 0. The molecule has 0 amide bonds. The fourth-order valence-electron chi connectivity index (χ4n) is 2.08. The fourth-order valence-corrected chi connectivity index (χ4v) is 2.08. The molecule has 0 fully saturated rings. The monoisotopic (exact) mass is 230 g/mol. The summed E-state index contributed by atoms with van der Waals surface area (Å²) in [5.41, 5.74) is 5.63. The third-order valence-corrected chi connectivity index (χ3v) is 2.85. The lowest BCUT2D eigenvalue weighted by Gasteiger charge is -2.04. The molecule has 0 radical (unpaired) electrons. The van der Waals surface area contributed by atoms with Gasteiger partial charge in [0.1, 0.15) is 0 Å². The first-order valence-corrected chi connectivity index (χ1v) is 5.85. The first-order chi connectivity index (χ1) is 8.10. The highest BCUT2D eigenvalue weighted by atomic mass is 16.2. The molecule has 2 aromatic rings. The second-order valence-electron chi connectivity index (χ2n) is 4.50. The summed E-state index contributed by atoms with van der Waals surface area (Å²) in [6.07, 6.45) is 2.66. The van der Waals surface area contributed by atoms with Crippen molar-refractivity contribution >= 4 is 0 Å². The van der Waals surface area contributed by atoms with E-state index in [1.165, 1.54) is 11.1 Å². The molecule has 17 heavy (non-hydrogen) atoms. The number of aryl methyl sites for hydroxylation is 3. The molecule has 2 rings (SSSR count). The van der Waals surface area contributed by atoms with Gasteiger partial charge in [-0.15, -0.1) is 0 Å². The van der Waals surface area contributed by atoms with E-state index in [-0.39, 0.29) is 6.61 Å². The SMILES string of the molecule is Cc1cc(C)cc(-n2cc(CCO)c(C)n2)c1. The molecule has 3 nitrogen and oxygen atoms in total. The molecule has 0 saturated carbocycles. The van der Waals surface area contributed by atoms with Crippen LogP contribution in [0.2, 0.25) is 0 Å². The minimum atomic E-state index is 0.166. The Balaban J connectivity index is 2.42. The second-order valence-corrected chi connectivity index (χ2v) is 4.50. The van der Waals surface area contributed by atoms with Gasteiger partial charge < -0.3 is 5.11 Å². The van der Waals surface area contributed by atoms with Crippen molar-refractivity contribution in [3.63, 3.8) is 0 Å². The second kappa shape index (κ2) is 4.72. The van der Waals surface area contributed by atoms with Crippen LogP contribution in [0.25, 0.3) is 5.69 Å². The van der Waals surface area contributed by atoms with Crippen LogP contribution >= 0.6 is 0 Å². The highest BCUT2D eigenvalue weighted by Crippen LogP contribution is 2.15. The van der Waals surface area contributed by atoms with Crippen molar-refractivity contribution in [1.29, 1.82) is 0 Å². The molecule has 0 bridgehead atoms. The molecular formula is C14H18N2O. The smallest absolute Gasteiger partial charge is 0.0651 e.